The first kappa shape index (κ1) is 31.5. The second-order valence-electron chi connectivity index (χ2n) is 9.88. The SMILES string of the molecule is CCCNC(=O)[C@@H](Cc1ccccc1)N(Cc1ccc(Cl)c(Cl)c1)C(=O)CN(c1cc(C)cc(C)c1)S(C)(=O)=O. The summed E-state index contributed by atoms with van der Waals surface area (Å²) in [5.41, 5.74) is 3.63. The van der Waals surface area contributed by atoms with Gasteiger partial charge in [-0.25, -0.2) is 8.42 Å². The van der Waals surface area contributed by atoms with Crippen LogP contribution in [-0.2, 0) is 32.6 Å². The summed E-state index contributed by atoms with van der Waals surface area (Å²) in [6, 6.07) is 18.9. The Hall–Kier alpha value is -3.07. The fraction of sp³-hybridized carbons (Fsp3) is 0.333. The smallest absolute Gasteiger partial charge is 0.244 e. The maximum Gasteiger partial charge on any atom is 0.244 e. The van der Waals surface area contributed by atoms with Crippen LogP contribution in [0.1, 0.15) is 35.6 Å². The monoisotopic (exact) mass is 603 g/mol. The third-order valence-electron chi connectivity index (χ3n) is 6.33. The number of sulfonamides is 1. The molecule has 0 bridgehead atoms. The van der Waals surface area contributed by atoms with E-state index in [1.54, 1.807) is 30.3 Å². The predicted molar refractivity (Wildman–Crippen MR) is 162 cm³/mol. The lowest BCUT2D eigenvalue weighted by atomic mass is 10.0. The van der Waals surface area contributed by atoms with Crippen molar-refractivity contribution < 1.29 is 18.0 Å². The first-order valence-electron chi connectivity index (χ1n) is 13.0. The summed E-state index contributed by atoms with van der Waals surface area (Å²) >= 11 is 12.4. The Morgan fingerprint density at radius 1 is 0.900 bits per heavy atom. The highest BCUT2D eigenvalue weighted by atomic mass is 35.5. The number of nitrogens with zero attached hydrogens (tertiary/aromatic N) is 2. The van der Waals surface area contributed by atoms with Gasteiger partial charge in [-0.15, -0.1) is 0 Å². The van der Waals surface area contributed by atoms with Crippen LogP contribution >= 0.6 is 23.2 Å². The average molecular weight is 605 g/mol. The summed E-state index contributed by atoms with van der Waals surface area (Å²) in [6.45, 7) is 5.66. The van der Waals surface area contributed by atoms with Crippen LogP contribution in [0, 0.1) is 13.8 Å². The van der Waals surface area contributed by atoms with Crippen LogP contribution in [0.3, 0.4) is 0 Å². The lowest BCUT2D eigenvalue weighted by Gasteiger charge is -2.33. The number of hydrogen-bond donors (Lipinski definition) is 1. The van der Waals surface area contributed by atoms with Crippen LogP contribution in [0.2, 0.25) is 10.0 Å². The molecule has 0 saturated heterocycles. The van der Waals surface area contributed by atoms with Gasteiger partial charge in [0, 0.05) is 19.5 Å². The largest absolute Gasteiger partial charge is 0.354 e. The third kappa shape index (κ3) is 8.71. The first-order valence-corrected chi connectivity index (χ1v) is 15.6. The molecule has 1 N–H and O–H groups in total. The standard InChI is InChI=1S/C30H35Cl2N3O4S/c1-5-13-33-30(37)28(18-23-9-7-6-8-10-23)34(19-24-11-12-26(31)27(32)17-24)29(36)20-35(40(4,38)39)25-15-21(2)14-22(3)16-25/h6-12,14-17,28H,5,13,18-20H2,1-4H3,(H,33,37)/t28-/m1/s1. The molecule has 0 spiro atoms. The minimum absolute atomic E-state index is 0.0250. The first-order chi connectivity index (χ1) is 18.9. The van der Waals surface area contributed by atoms with Crippen molar-refractivity contribution in [1.82, 2.24) is 10.2 Å². The normalized spacial score (nSPS) is 12.1. The molecule has 0 saturated carbocycles. The summed E-state index contributed by atoms with van der Waals surface area (Å²) < 4.78 is 26.9. The van der Waals surface area contributed by atoms with E-state index in [0.29, 0.717) is 27.8 Å². The maximum atomic E-state index is 14.1. The molecule has 3 aromatic rings. The summed E-state index contributed by atoms with van der Waals surface area (Å²) in [6.07, 6.45) is 2.03. The lowest BCUT2D eigenvalue weighted by Crippen LogP contribution is -2.53. The molecule has 0 heterocycles. The molecular formula is C30H35Cl2N3O4S. The quantitative estimate of drug-likeness (QED) is 0.294. The molecule has 0 aromatic heterocycles. The van der Waals surface area contributed by atoms with Gasteiger partial charge in [0.15, 0.2) is 0 Å². The molecule has 0 aliphatic rings. The van der Waals surface area contributed by atoms with Crippen LogP contribution in [0.15, 0.2) is 66.7 Å². The number of rotatable bonds is 12. The van der Waals surface area contributed by atoms with E-state index in [1.165, 1.54) is 4.90 Å². The highest BCUT2D eigenvalue weighted by Gasteiger charge is 2.33. The fourth-order valence-electron chi connectivity index (χ4n) is 4.46. The molecule has 2 amide bonds. The Bertz CT molecular complexity index is 1430. The number of hydrogen-bond acceptors (Lipinski definition) is 4. The van der Waals surface area contributed by atoms with Gasteiger partial charge in [0.2, 0.25) is 21.8 Å². The second kappa shape index (κ2) is 14.0. The molecule has 10 heteroatoms. The minimum atomic E-state index is -3.84. The van der Waals surface area contributed by atoms with Crippen molar-refractivity contribution in [2.24, 2.45) is 0 Å². The molecule has 0 unspecified atom stereocenters. The number of anilines is 1. The van der Waals surface area contributed by atoms with Gasteiger partial charge in [-0.1, -0.05) is 72.6 Å². The van der Waals surface area contributed by atoms with Gasteiger partial charge in [0.05, 0.1) is 22.0 Å². The summed E-state index contributed by atoms with van der Waals surface area (Å²) in [4.78, 5) is 29.0. The van der Waals surface area contributed by atoms with E-state index in [9.17, 15) is 18.0 Å². The van der Waals surface area contributed by atoms with Crippen LogP contribution in [-0.4, -0.2) is 50.5 Å². The number of aryl methyl sites for hydroxylation is 2. The molecule has 3 rings (SSSR count). The molecule has 214 valence electrons. The van der Waals surface area contributed by atoms with Crippen molar-refractivity contribution in [3.05, 3.63) is 99.0 Å². The third-order valence-corrected chi connectivity index (χ3v) is 8.21. The van der Waals surface area contributed by atoms with Gasteiger partial charge in [-0.3, -0.25) is 13.9 Å². The van der Waals surface area contributed by atoms with Crippen molar-refractivity contribution in [2.45, 2.75) is 46.2 Å². The zero-order valence-corrected chi connectivity index (χ0v) is 25.5. The minimum Gasteiger partial charge on any atom is -0.354 e. The van der Waals surface area contributed by atoms with Crippen LogP contribution in [0.5, 0.6) is 0 Å². The zero-order valence-electron chi connectivity index (χ0n) is 23.2. The number of benzene rings is 3. The Labute approximate surface area is 247 Å². The van der Waals surface area contributed by atoms with Gasteiger partial charge in [-0.05, 0) is 66.8 Å². The summed E-state index contributed by atoms with van der Waals surface area (Å²) in [7, 11) is -3.84. The highest BCUT2D eigenvalue weighted by molar-refractivity contribution is 7.92. The summed E-state index contributed by atoms with van der Waals surface area (Å²) in [5, 5.41) is 3.59. The number of carbonyl (C=O) groups is 2. The fourth-order valence-corrected chi connectivity index (χ4v) is 5.62. The maximum absolute atomic E-state index is 14.1. The van der Waals surface area contributed by atoms with Gasteiger partial charge in [-0.2, -0.15) is 0 Å². The number of amides is 2. The van der Waals surface area contributed by atoms with E-state index in [-0.39, 0.29) is 18.9 Å². The zero-order chi connectivity index (χ0) is 29.4. The average Bonchev–Trinajstić information content (AvgIpc) is 2.89. The Morgan fingerprint density at radius 2 is 1.55 bits per heavy atom. The Morgan fingerprint density at radius 3 is 2.12 bits per heavy atom. The van der Waals surface area contributed by atoms with E-state index in [4.69, 9.17) is 23.2 Å². The molecule has 0 aliphatic carbocycles. The van der Waals surface area contributed by atoms with Gasteiger partial charge < -0.3 is 10.2 Å². The van der Waals surface area contributed by atoms with E-state index in [1.807, 2.05) is 57.2 Å². The van der Waals surface area contributed by atoms with Crippen molar-refractivity contribution in [1.29, 1.82) is 0 Å². The van der Waals surface area contributed by atoms with E-state index in [2.05, 4.69) is 5.32 Å². The number of carbonyl (C=O) groups excluding carboxylic acids is 2. The Kier molecular flexibility index (Phi) is 11.0. The van der Waals surface area contributed by atoms with Crippen molar-refractivity contribution in [3.8, 4) is 0 Å². The molecule has 0 radical (unpaired) electrons. The highest BCUT2D eigenvalue weighted by Crippen LogP contribution is 2.26. The van der Waals surface area contributed by atoms with Crippen molar-refractivity contribution in [3.63, 3.8) is 0 Å². The van der Waals surface area contributed by atoms with Crippen molar-refractivity contribution in [2.75, 3.05) is 23.7 Å². The predicted octanol–water partition coefficient (Wildman–Crippen LogP) is 5.54. The van der Waals surface area contributed by atoms with Crippen LogP contribution in [0.4, 0.5) is 5.69 Å². The number of halogens is 2. The second-order valence-corrected chi connectivity index (χ2v) is 12.6. The van der Waals surface area contributed by atoms with Gasteiger partial charge in [0.25, 0.3) is 0 Å². The van der Waals surface area contributed by atoms with E-state index >= 15 is 0 Å². The van der Waals surface area contributed by atoms with Crippen molar-refractivity contribution >= 4 is 50.7 Å². The van der Waals surface area contributed by atoms with Gasteiger partial charge >= 0.3 is 0 Å². The van der Waals surface area contributed by atoms with E-state index < -0.39 is 28.5 Å². The van der Waals surface area contributed by atoms with Gasteiger partial charge in [0.1, 0.15) is 12.6 Å². The molecule has 0 fully saturated rings. The van der Waals surface area contributed by atoms with E-state index in [0.717, 1.165) is 33.7 Å². The Balaban J connectivity index is 2.08. The lowest BCUT2D eigenvalue weighted by molar-refractivity contribution is -0.140. The molecule has 1 atom stereocenters. The summed E-state index contributed by atoms with van der Waals surface area (Å²) in [5.74, 6) is -0.848. The number of nitrogens with one attached hydrogen (secondary N) is 1. The molecular weight excluding hydrogens is 569 g/mol. The van der Waals surface area contributed by atoms with Crippen LogP contribution in [0.25, 0.3) is 0 Å². The van der Waals surface area contributed by atoms with Crippen LogP contribution < -0.4 is 9.62 Å². The molecule has 3 aromatic carbocycles. The molecule has 40 heavy (non-hydrogen) atoms. The topological polar surface area (TPSA) is 86.8 Å². The molecule has 0 aliphatic heterocycles. The molecule has 7 nitrogen and oxygen atoms in total.